The van der Waals surface area contributed by atoms with E-state index >= 15 is 0 Å². The zero-order valence-electron chi connectivity index (χ0n) is 20.5. The van der Waals surface area contributed by atoms with Gasteiger partial charge in [0, 0.05) is 6.04 Å². The fraction of sp³-hybridized carbons (Fsp3) is 0.226. The van der Waals surface area contributed by atoms with E-state index in [4.69, 9.17) is 14.2 Å². The molecule has 1 aliphatic rings. The summed E-state index contributed by atoms with van der Waals surface area (Å²) in [5.74, 6) is 2.46. The Morgan fingerprint density at radius 3 is 2.00 bits per heavy atom. The van der Waals surface area contributed by atoms with Crippen LogP contribution in [0.15, 0.2) is 97.1 Å². The minimum atomic E-state index is 0. The Bertz CT molecular complexity index is 1230. The van der Waals surface area contributed by atoms with Gasteiger partial charge in [-0.1, -0.05) is 72.8 Å². The first-order valence-corrected chi connectivity index (χ1v) is 12.1. The molecule has 0 aliphatic carbocycles. The van der Waals surface area contributed by atoms with Crippen LogP contribution in [-0.2, 0) is 26.1 Å². The molecule has 4 aromatic rings. The second-order valence-electron chi connectivity index (χ2n) is 8.86. The molecule has 0 unspecified atom stereocenters. The summed E-state index contributed by atoms with van der Waals surface area (Å²) in [4.78, 5) is 0. The number of fused-ring (bicyclic) bond motifs is 1. The first-order chi connectivity index (χ1) is 17.3. The van der Waals surface area contributed by atoms with E-state index in [2.05, 4.69) is 66.0 Å². The third kappa shape index (κ3) is 6.39. The topological polar surface area (TPSA) is 39.7 Å². The summed E-state index contributed by atoms with van der Waals surface area (Å²) in [6.07, 6.45) is 1.88. The molecule has 0 aromatic heterocycles. The molecule has 0 bridgehead atoms. The van der Waals surface area contributed by atoms with Gasteiger partial charge in [-0.2, -0.15) is 0 Å². The standard InChI is InChI=1S/C31H31NO3.ClH/c1-33-30-19-26-16-17-32-29(28(26)20-31(30)35-22-25-10-6-3-7-11-25)18-23-12-14-27(15-13-23)34-21-24-8-4-2-5-9-24;/h2-15,19-20,29,32H,16-18,21-22H2,1H3;1H/t29-;/m0./s1. The number of methoxy groups -OCH3 is 1. The van der Waals surface area contributed by atoms with E-state index in [1.165, 1.54) is 22.3 Å². The average Bonchev–Trinajstić information content (AvgIpc) is 2.92. The predicted molar refractivity (Wildman–Crippen MR) is 146 cm³/mol. The number of ether oxygens (including phenoxy) is 3. The van der Waals surface area contributed by atoms with Gasteiger partial charge >= 0.3 is 0 Å². The molecule has 0 spiro atoms. The summed E-state index contributed by atoms with van der Waals surface area (Å²) in [7, 11) is 1.71. The lowest BCUT2D eigenvalue weighted by Crippen LogP contribution is -2.31. The molecule has 1 N–H and O–H groups in total. The van der Waals surface area contributed by atoms with Gasteiger partial charge in [-0.05, 0) is 71.5 Å². The van der Waals surface area contributed by atoms with Crippen LogP contribution in [0.25, 0.3) is 0 Å². The van der Waals surface area contributed by atoms with E-state index in [1.54, 1.807) is 7.11 Å². The molecule has 1 atom stereocenters. The molecule has 1 aliphatic heterocycles. The first kappa shape index (κ1) is 25.6. The number of halogens is 1. The molecule has 0 radical (unpaired) electrons. The fourth-order valence-corrected chi connectivity index (χ4v) is 4.54. The Kier molecular flexibility index (Phi) is 8.88. The summed E-state index contributed by atoms with van der Waals surface area (Å²) < 4.78 is 17.8. The second kappa shape index (κ2) is 12.5. The zero-order valence-corrected chi connectivity index (χ0v) is 21.3. The first-order valence-electron chi connectivity index (χ1n) is 12.1. The molecule has 0 saturated carbocycles. The molecular formula is C31H32ClNO3. The maximum absolute atomic E-state index is 6.19. The summed E-state index contributed by atoms with van der Waals surface area (Å²) in [5, 5.41) is 3.70. The highest BCUT2D eigenvalue weighted by atomic mass is 35.5. The molecule has 5 heteroatoms. The van der Waals surface area contributed by atoms with Crippen molar-refractivity contribution in [2.45, 2.75) is 32.1 Å². The molecule has 186 valence electrons. The van der Waals surface area contributed by atoms with Crippen LogP contribution in [0.5, 0.6) is 17.2 Å². The average molecular weight is 502 g/mol. The van der Waals surface area contributed by atoms with Crippen LogP contribution in [0.3, 0.4) is 0 Å². The highest BCUT2D eigenvalue weighted by Gasteiger charge is 2.23. The van der Waals surface area contributed by atoms with Crippen LogP contribution in [-0.4, -0.2) is 13.7 Å². The fourth-order valence-electron chi connectivity index (χ4n) is 4.54. The second-order valence-corrected chi connectivity index (χ2v) is 8.86. The van der Waals surface area contributed by atoms with Crippen molar-refractivity contribution in [2.24, 2.45) is 0 Å². The summed E-state index contributed by atoms with van der Waals surface area (Å²) in [6.45, 7) is 2.03. The van der Waals surface area contributed by atoms with Gasteiger partial charge < -0.3 is 19.5 Å². The number of hydrogen-bond donors (Lipinski definition) is 1. The van der Waals surface area contributed by atoms with E-state index in [0.717, 1.165) is 42.2 Å². The lowest BCUT2D eigenvalue weighted by molar-refractivity contribution is 0.283. The van der Waals surface area contributed by atoms with Crippen molar-refractivity contribution in [1.29, 1.82) is 0 Å². The van der Waals surface area contributed by atoms with Crippen LogP contribution < -0.4 is 19.5 Å². The van der Waals surface area contributed by atoms with Crippen LogP contribution in [0.1, 0.15) is 33.9 Å². The van der Waals surface area contributed by atoms with Gasteiger partial charge in [0.15, 0.2) is 11.5 Å². The Morgan fingerprint density at radius 2 is 1.36 bits per heavy atom. The van der Waals surface area contributed by atoms with Crippen molar-refractivity contribution in [3.05, 3.63) is 125 Å². The van der Waals surface area contributed by atoms with Gasteiger partial charge in [0.05, 0.1) is 7.11 Å². The molecule has 0 fully saturated rings. The molecule has 0 amide bonds. The Labute approximate surface area is 219 Å². The molecule has 4 nitrogen and oxygen atoms in total. The van der Waals surface area contributed by atoms with E-state index in [9.17, 15) is 0 Å². The zero-order chi connectivity index (χ0) is 23.9. The van der Waals surface area contributed by atoms with E-state index < -0.39 is 0 Å². The quantitative estimate of drug-likeness (QED) is 0.277. The molecular weight excluding hydrogens is 470 g/mol. The van der Waals surface area contributed by atoms with Crippen molar-refractivity contribution in [1.82, 2.24) is 5.32 Å². The van der Waals surface area contributed by atoms with E-state index in [1.807, 2.05) is 36.4 Å². The Balaban J connectivity index is 0.00000304. The van der Waals surface area contributed by atoms with Crippen LogP contribution in [0.4, 0.5) is 0 Å². The largest absolute Gasteiger partial charge is 0.493 e. The molecule has 36 heavy (non-hydrogen) atoms. The monoisotopic (exact) mass is 501 g/mol. The van der Waals surface area contributed by atoms with Crippen molar-refractivity contribution < 1.29 is 14.2 Å². The lowest BCUT2D eigenvalue weighted by atomic mass is 9.90. The SMILES string of the molecule is COc1cc2c(cc1OCc1ccccc1)[C@H](Cc1ccc(OCc3ccccc3)cc1)NCC2.Cl. The smallest absolute Gasteiger partial charge is 0.162 e. The normalized spacial score (nSPS) is 14.3. The van der Waals surface area contributed by atoms with Gasteiger partial charge in [0.25, 0.3) is 0 Å². The Hall–Kier alpha value is -3.47. The van der Waals surface area contributed by atoms with Crippen LogP contribution >= 0.6 is 12.4 Å². The van der Waals surface area contributed by atoms with Crippen molar-refractivity contribution in [3.8, 4) is 17.2 Å². The van der Waals surface area contributed by atoms with E-state index in [0.29, 0.717) is 13.2 Å². The maximum atomic E-state index is 6.19. The van der Waals surface area contributed by atoms with Crippen LogP contribution in [0, 0.1) is 0 Å². The van der Waals surface area contributed by atoms with E-state index in [-0.39, 0.29) is 18.4 Å². The van der Waals surface area contributed by atoms with Gasteiger partial charge in [-0.25, -0.2) is 0 Å². The molecule has 5 rings (SSSR count). The predicted octanol–water partition coefficient (Wildman–Crippen LogP) is 6.70. The van der Waals surface area contributed by atoms with Gasteiger partial charge in [-0.3, -0.25) is 0 Å². The Morgan fingerprint density at radius 1 is 0.722 bits per heavy atom. The summed E-state index contributed by atoms with van der Waals surface area (Å²) in [5.41, 5.74) is 6.17. The summed E-state index contributed by atoms with van der Waals surface area (Å²) >= 11 is 0. The lowest BCUT2D eigenvalue weighted by Gasteiger charge is -2.28. The number of rotatable bonds is 9. The van der Waals surface area contributed by atoms with Gasteiger partial charge in [-0.15, -0.1) is 12.4 Å². The third-order valence-electron chi connectivity index (χ3n) is 6.43. The van der Waals surface area contributed by atoms with Gasteiger partial charge in [0.2, 0.25) is 0 Å². The molecule has 0 saturated heterocycles. The van der Waals surface area contributed by atoms with Gasteiger partial charge in [0.1, 0.15) is 19.0 Å². The molecule has 1 heterocycles. The number of hydrogen-bond acceptors (Lipinski definition) is 4. The highest BCUT2D eigenvalue weighted by Crippen LogP contribution is 2.37. The maximum Gasteiger partial charge on any atom is 0.162 e. The number of benzene rings is 4. The summed E-state index contributed by atoms with van der Waals surface area (Å²) in [6, 6.07) is 33.4. The highest BCUT2D eigenvalue weighted by molar-refractivity contribution is 5.85. The minimum Gasteiger partial charge on any atom is -0.493 e. The minimum absolute atomic E-state index is 0. The van der Waals surface area contributed by atoms with Crippen molar-refractivity contribution in [3.63, 3.8) is 0 Å². The number of nitrogens with one attached hydrogen (secondary N) is 1. The third-order valence-corrected chi connectivity index (χ3v) is 6.43. The molecule has 4 aromatic carbocycles. The van der Waals surface area contributed by atoms with Crippen LogP contribution in [0.2, 0.25) is 0 Å². The van der Waals surface area contributed by atoms with Crippen molar-refractivity contribution >= 4 is 12.4 Å². The van der Waals surface area contributed by atoms with Crippen molar-refractivity contribution in [2.75, 3.05) is 13.7 Å².